The number of carbonyl (C=O) groups excluding carboxylic acids is 1. The van der Waals surface area contributed by atoms with Gasteiger partial charge in [-0.25, -0.2) is 0 Å². The summed E-state index contributed by atoms with van der Waals surface area (Å²) in [7, 11) is 5.31. The van der Waals surface area contributed by atoms with Gasteiger partial charge in [-0.05, 0) is 107 Å². The van der Waals surface area contributed by atoms with Crippen LogP contribution in [0.4, 0.5) is 0 Å². The number of methoxy groups -OCH3 is 1. The van der Waals surface area contributed by atoms with E-state index in [1.165, 1.54) is 14.0 Å². The molecule has 1 unspecified atom stereocenters. The summed E-state index contributed by atoms with van der Waals surface area (Å²) in [5, 5.41) is 65.8. The molecule has 0 aromatic carbocycles. The molecule has 0 spiro atoms. The fourth-order valence-electron chi connectivity index (χ4n) is 9.21. The predicted molar refractivity (Wildman–Crippen MR) is 212 cm³/mol. The van der Waals surface area contributed by atoms with Crippen LogP contribution in [0.15, 0.2) is 0 Å². The lowest BCUT2D eigenvalue weighted by molar-refractivity contribution is -0.336. The number of hydrogen-bond acceptors (Lipinski definition) is 15. The summed E-state index contributed by atoms with van der Waals surface area (Å²) in [6.07, 6.45) is -6.71. The molecular formula is C41H79N3O12. The van der Waals surface area contributed by atoms with Crippen molar-refractivity contribution in [2.45, 2.75) is 198 Å². The Balaban J connectivity index is 2.16. The van der Waals surface area contributed by atoms with Crippen LogP contribution in [0.25, 0.3) is 0 Å². The number of aliphatic hydroxyl groups excluding tert-OH is 2. The van der Waals surface area contributed by atoms with Crippen molar-refractivity contribution in [3.63, 3.8) is 0 Å². The first-order valence-electron chi connectivity index (χ1n) is 20.9. The highest BCUT2D eigenvalue weighted by atomic mass is 16.7. The van der Waals surface area contributed by atoms with E-state index in [9.17, 15) is 30.3 Å². The molecule has 3 aliphatic heterocycles. The van der Waals surface area contributed by atoms with Crippen LogP contribution in [0.3, 0.4) is 0 Å². The van der Waals surface area contributed by atoms with E-state index >= 15 is 0 Å². The number of nitrogens with zero attached hydrogens (tertiary/aromatic N) is 1. The SMILES string of the molecule is CCCNC[C@]1(O)[C@H](C)O[C@@H](O[C@H]2[C@H](C)[C@@H](O[C@@H]3O[C@H](C)C[C@H](N(C)C)[C@H]3O)C(C)(O)C[C@@H](C)CN[C@H](C)[C@@H](O)[C@](C)(O)[C@@H](CC)OC(=O)[C@@H]2C)C[C@@]1(C)OC. The minimum absolute atomic E-state index is 0.0939. The summed E-state index contributed by atoms with van der Waals surface area (Å²) in [6, 6.07) is -0.877. The van der Waals surface area contributed by atoms with Crippen LogP contribution in [-0.4, -0.2) is 167 Å². The van der Waals surface area contributed by atoms with Crippen LogP contribution in [0.2, 0.25) is 0 Å². The predicted octanol–water partition coefficient (Wildman–Crippen LogP) is 1.93. The molecule has 0 bridgehead atoms. The topological polar surface area (TPSA) is 201 Å². The van der Waals surface area contributed by atoms with Crippen LogP contribution in [0.1, 0.15) is 108 Å². The van der Waals surface area contributed by atoms with Crippen LogP contribution >= 0.6 is 0 Å². The molecule has 3 fully saturated rings. The van der Waals surface area contributed by atoms with Crippen LogP contribution in [0.5, 0.6) is 0 Å². The van der Waals surface area contributed by atoms with Crippen molar-refractivity contribution in [3.8, 4) is 0 Å². The molecule has 3 aliphatic rings. The summed E-state index contributed by atoms with van der Waals surface area (Å²) >= 11 is 0. The summed E-state index contributed by atoms with van der Waals surface area (Å²) in [5.41, 5.74) is -5.95. The van der Waals surface area contributed by atoms with Gasteiger partial charge in [0.05, 0.1) is 35.9 Å². The largest absolute Gasteiger partial charge is 0.459 e. The number of ether oxygens (including phenoxy) is 6. The van der Waals surface area contributed by atoms with Crippen molar-refractivity contribution < 1.29 is 58.7 Å². The fourth-order valence-corrected chi connectivity index (χ4v) is 9.21. The number of cyclic esters (lactones) is 1. The Morgan fingerprint density at radius 1 is 0.964 bits per heavy atom. The van der Waals surface area contributed by atoms with E-state index in [1.807, 2.05) is 53.6 Å². The molecule has 0 saturated carbocycles. The van der Waals surface area contributed by atoms with Gasteiger partial charge in [-0.3, -0.25) is 4.79 Å². The van der Waals surface area contributed by atoms with Crippen LogP contribution < -0.4 is 10.6 Å². The molecule has 15 heteroatoms. The molecule has 15 nitrogen and oxygen atoms in total. The number of likely N-dealkylation sites (N-methyl/N-ethyl adjacent to an activating group) is 1. The van der Waals surface area contributed by atoms with Gasteiger partial charge in [0.15, 0.2) is 12.6 Å². The Hall–Kier alpha value is -1.05. The zero-order valence-electron chi connectivity index (χ0n) is 36.8. The molecule has 7 N–H and O–H groups in total. The van der Waals surface area contributed by atoms with Gasteiger partial charge in [0.25, 0.3) is 0 Å². The Kier molecular flexibility index (Phi) is 17.6. The second-order valence-corrected chi connectivity index (χ2v) is 18.2. The van der Waals surface area contributed by atoms with E-state index in [4.69, 9.17) is 28.4 Å². The number of aliphatic hydroxyl groups is 5. The second-order valence-electron chi connectivity index (χ2n) is 18.2. The van der Waals surface area contributed by atoms with Gasteiger partial charge in [-0.2, -0.15) is 0 Å². The Morgan fingerprint density at radius 2 is 1.61 bits per heavy atom. The molecule has 18 atom stereocenters. The standard InChI is InChI=1S/C41H79N3O12/c1-15-17-42-22-41(50)28(8)53-31(20-39(41,10)51-14)55-33-25(5)35(56-37-32(45)29(44(12)13)18-24(4)52-37)38(9,48)19-23(3)21-43-27(7)34(46)40(11,49)30(16-2)54-36(47)26(33)6/h23-35,37,42-43,45-46,48-50H,15-22H2,1-14H3/t23-,24-,25+,26-,27-,28+,29+,30-,31+,32-,33+,34-,35-,37+,38?,39-,40-,41+/m1/s1. The third kappa shape index (κ3) is 11.0. The Labute approximate surface area is 336 Å². The highest BCUT2D eigenvalue weighted by Crippen LogP contribution is 2.43. The molecule has 3 saturated heterocycles. The van der Waals surface area contributed by atoms with Gasteiger partial charge in [0.2, 0.25) is 0 Å². The van der Waals surface area contributed by atoms with Gasteiger partial charge in [0, 0.05) is 38.1 Å². The Morgan fingerprint density at radius 3 is 2.18 bits per heavy atom. The second kappa shape index (κ2) is 20.0. The highest BCUT2D eigenvalue weighted by Gasteiger charge is 2.58. The van der Waals surface area contributed by atoms with E-state index < -0.39 is 95.5 Å². The zero-order valence-corrected chi connectivity index (χ0v) is 36.8. The average Bonchev–Trinajstić information content (AvgIpc) is 3.12. The lowest BCUT2D eigenvalue weighted by Crippen LogP contribution is -2.70. The minimum atomic E-state index is -1.81. The van der Waals surface area contributed by atoms with Crippen molar-refractivity contribution in [1.82, 2.24) is 15.5 Å². The molecule has 3 rings (SSSR count). The molecule has 0 aliphatic carbocycles. The third-order valence-electron chi connectivity index (χ3n) is 13.0. The smallest absolute Gasteiger partial charge is 0.311 e. The van der Waals surface area contributed by atoms with Gasteiger partial charge < -0.3 is 69.5 Å². The average molecular weight is 806 g/mol. The summed E-state index contributed by atoms with van der Waals surface area (Å²) < 4.78 is 38.3. The maximum Gasteiger partial charge on any atom is 0.311 e. The maximum atomic E-state index is 14.3. The van der Waals surface area contributed by atoms with Crippen molar-refractivity contribution in [2.24, 2.45) is 17.8 Å². The minimum Gasteiger partial charge on any atom is -0.459 e. The summed E-state index contributed by atoms with van der Waals surface area (Å²) in [6.45, 7) is 20.9. The summed E-state index contributed by atoms with van der Waals surface area (Å²) in [5.74, 6) is -2.66. The number of rotatable bonds is 11. The number of esters is 1. The number of nitrogens with one attached hydrogen (secondary N) is 2. The van der Waals surface area contributed by atoms with Crippen molar-refractivity contribution in [3.05, 3.63) is 0 Å². The van der Waals surface area contributed by atoms with Gasteiger partial charge in [-0.15, -0.1) is 0 Å². The van der Waals surface area contributed by atoms with Gasteiger partial charge >= 0.3 is 5.97 Å². The molecule has 330 valence electrons. The first-order chi connectivity index (χ1) is 25.9. The monoisotopic (exact) mass is 806 g/mol. The molecule has 0 amide bonds. The normalized spacial score (nSPS) is 47.9. The Bertz CT molecular complexity index is 1230. The van der Waals surface area contributed by atoms with E-state index in [1.54, 1.807) is 34.6 Å². The molecule has 3 heterocycles. The highest BCUT2D eigenvalue weighted by molar-refractivity contribution is 5.73. The van der Waals surface area contributed by atoms with Gasteiger partial charge in [0.1, 0.15) is 35.1 Å². The molecular weight excluding hydrogens is 726 g/mol. The molecule has 0 aromatic rings. The molecule has 56 heavy (non-hydrogen) atoms. The van der Waals surface area contributed by atoms with Crippen LogP contribution in [-0.2, 0) is 33.2 Å². The maximum absolute atomic E-state index is 14.3. The van der Waals surface area contributed by atoms with E-state index in [-0.39, 0.29) is 43.9 Å². The number of hydrogen-bond donors (Lipinski definition) is 7. The lowest BCUT2D eigenvalue weighted by atomic mass is 9.75. The van der Waals surface area contributed by atoms with Crippen molar-refractivity contribution in [2.75, 3.05) is 40.8 Å². The van der Waals surface area contributed by atoms with Crippen molar-refractivity contribution in [1.29, 1.82) is 0 Å². The zero-order chi connectivity index (χ0) is 42.6. The number of carbonyl (C=O) groups is 1. The van der Waals surface area contributed by atoms with Crippen molar-refractivity contribution >= 4 is 5.97 Å². The lowest BCUT2D eigenvalue weighted by Gasteiger charge is -2.53. The summed E-state index contributed by atoms with van der Waals surface area (Å²) in [4.78, 5) is 16.2. The quantitative estimate of drug-likeness (QED) is 0.118. The first-order valence-corrected chi connectivity index (χ1v) is 20.9. The van der Waals surface area contributed by atoms with Crippen LogP contribution in [0, 0.1) is 17.8 Å². The molecule has 0 radical (unpaired) electrons. The van der Waals surface area contributed by atoms with Gasteiger partial charge in [-0.1, -0.05) is 27.7 Å². The van der Waals surface area contributed by atoms with E-state index in [2.05, 4.69) is 10.6 Å². The molecule has 0 aromatic heterocycles. The van der Waals surface area contributed by atoms with E-state index in [0.29, 0.717) is 19.5 Å². The first kappa shape index (κ1) is 49.3. The van der Waals surface area contributed by atoms with E-state index in [0.717, 1.165) is 6.42 Å². The third-order valence-corrected chi connectivity index (χ3v) is 13.0. The fraction of sp³-hybridized carbons (Fsp3) is 0.976.